The molecule has 2 aliphatic rings. The predicted octanol–water partition coefficient (Wildman–Crippen LogP) is 3.64. The zero-order valence-corrected chi connectivity index (χ0v) is 13.4. The van der Waals surface area contributed by atoms with Gasteiger partial charge in [0, 0.05) is 25.3 Å². The summed E-state index contributed by atoms with van der Waals surface area (Å²) in [6.07, 6.45) is 8.72. The van der Waals surface area contributed by atoms with Gasteiger partial charge in [0.2, 0.25) is 0 Å². The Morgan fingerprint density at radius 2 is 2.05 bits per heavy atom. The second-order valence-electron chi connectivity index (χ2n) is 7.43. The molecule has 1 aromatic heterocycles. The quantitative estimate of drug-likeness (QED) is 0.846. The van der Waals surface area contributed by atoms with Crippen LogP contribution in [0.1, 0.15) is 51.6 Å². The molecule has 116 valence electrons. The topological polar surface area (TPSA) is 25.4 Å². The van der Waals surface area contributed by atoms with Crippen LogP contribution in [0.15, 0.2) is 24.4 Å². The largest absolute Gasteiger partial charge is 0.372 e. The average molecular weight is 288 g/mol. The van der Waals surface area contributed by atoms with E-state index >= 15 is 0 Å². The molecule has 0 radical (unpaired) electrons. The molecule has 0 amide bonds. The summed E-state index contributed by atoms with van der Waals surface area (Å²) in [7, 11) is 0. The summed E-state index contributed by atoms with van der Waals surface area (Å²) in [4.78, 5) is 7.03. The molecule has 3 rings (SSSR count). The minimum absolute atomic E-state index is 0.415. The summed E-state index contributed by atoms with van der Waals surface area (Å²) in [6.45, 7) is 7.88. The van der Waals surface area contributed by atoms with E-state index in [0.717, 1.165) is 11.7 Å². The van der Waals surface area contributed by atoms with Crippen LogP contribution in [0, 0.1) is 5.41 Å². The van der Waals surface area contributed by atoms with E-state index in [9.17, 15) is 0 Å². The van der Waals surface area contributed by atoms with Crippen molar-refractivity contribution in [3.63, 3.8) is 0 Å². The van der Waals surface area contributed by atoms with Gasteiger partial charge in [-0.3, -0.25) is 4.98 Å². The number of ether oxygens (including phenoxy) is 1. The molecule has 1 aromatic rings. The molecule has 1 atom stereocenters. The van der Waals surface area contributed by atoms with Gasteiger partial charge in [-0.15, -0.1) is 0 Å². The summed E-state index contributed by atoms with van der Waals surface area (Å²) in [6, 6.07) is 6.83. The first kappa shape index (κ1) is 15.0. The Bertz CT molecular complexity index is 438. The average Bonchev–Trinajstić information content (AvgIpc) is 2.87. The SMILES string of the molecule is CC1(C)CCC(N2CCC(OCc3ccccn3)CC2)C1. The third-order valence-electron chi connectivity index (χ3n) is 5.13. The van der Waals surface area contributed by atoms with Crippen molar-refractivity contribution in [2.24, 2.45) is 5.41 Å². The van der Waals surface area contributed by atoms with Gasteiger partial charge in [-0.2, -0.15) is 0 Å². The first-order valence-corrected chi connectivity index (χ1v) is 8.38. The highest BCUT2D eigenvalue weighted by atomic mass is 16.5. The number of hydrogen-bond acceptors (Lipinski definition) is 3. The first-order valence-electron chi connectivity index (χ1n) is 8.38. The molecule has 0 bridgehead atoms. The lowest BCUT2D eigenvalue weighted by Crippen LogP contribution is -2.42. The molecule has 1 aliphatic heterocycles. The predicted molar refractivity (Wildman–Crippen MR) is 85.0 cm³/mol. The van der Waals surface area contributed by atoms with Crippen LogP contribution in [0.5, 0.6) is 0 Å². The number of likely N-dealkylation sites (tertiary alicyclic amines) is 1. The van der Waals surface area contributed by atoms with E-state index in [2.05, 4.69) is 23.7 Å². The number of aromatic nitrogens is 1. The van der Waals surface area contributed by atoms with Crippen LogP contribution in [0.4, 0.5) is 0 Å². The molecule has 0 N–H and O–H groups in total. The van der Waals surface area contributed by atoms with E-state index in [1.807, 2.05) is 24.4 Å². The zero-order valence-electron chi connectivity index (χ0n) is 13.4. The lowest BCUT2D eigenvalue weighted by Gasteiger charge is -2.36. The lowest BCUT2D eigenvalue weighted by molar-refractivity contribution is -0.0124. The van der Waals surface area contributed by atoms with Gasteiger partial charge in [0.15, 0.2) is 0 Å². The third kappa shape index (κ3) is 4.04. The number of hydrogen-bond donors (Lipinski definition) is 0. The van der Waals surface area contributed by atoms with Crippen LogP contribution in [-0.2, 0) is 11.3 Å². The smallest absolute Gasteiger partial charge is 0.0891 e. The lowest BCUT2D eigenvalue weighted by atomic mass is 9.91. The van der Waals surface area contributed by atoms with Crippen molar-refractivity contribution in [2.45, 2.75) is 64.7 Å². The van der Waals surface area contributed by atoms with Crippen molar-refractivity contribution in [2.75, 3.05) is 13.1 Å². The highest BCUT2D eigenvalue weighted by Crippen LogP contribution is 2.40. The van der Waals surface area contributed by atoms with Crippen molar-refractivity contribution in [3.8, 4) is 0 Å². The van der Waals surface area contributed by atoms with Gasteiger partial charge in [0.25, 0.3) is 0 Å². The molecule has 2 fully saturated rings. The van der Waals surface area contributed by atoms with Crippen LogP contribution >= 0.6 is 0 Å². The Morgan fingerprint density at radius 1 is 1.24 bits per heavy atom. The fraction of sp³-hybridized carbons (Fsp3) is 0.722. The van der Waals surface area contributed by atoms with Gasteiger partial charge in [0.1, 0.15) is 0 Å². The molecule has 1 saturated heterocycles. The maximum absolute atomic E-state index is 6.03. The summed E-state index contributed by atoms with van der Waals surface area (Å²) in [5, 5.41) is 0. The molecule has 0 aromatic carbocycles. The Balaban J connectivity index is 1.41. The molecule has 21 heavy (non-hydrogen) atoms. The molecule has 1 saturated carbocycles. The molecule has 3 nitrogen and oxygen atoms in total. The van der Waals surface area contributed by atoms with Crippen molar-refractivity contribution >= 4 is 0 Å². The van der Waals surface area contributed by atoms with E-state index in [-0.39, 0.29) is 0 Å². The standard InChI is InChI=1S/C18H28N2O/c1-18(2)9-6-16(13-18)20-11-7-17(8-12-20)21-14-15-5-3-4-10-19-15/h3-5,10,16-17H,6-9,11-14H2,1-2H3. The summed E-state index contributed by atoms with van der Waals surface area (Å²) >= 11 is 0. The van der Waals surface area contributed by atoms with E-state index in [1.54, 1.807) is 0 Å². The van der Waals surface area contributed by atoms with Gasteiger partial charge in [-0.1, -0.05) is 19.9 Å². The van der Waals surface area contributed by atoms with E-state index < -0.39 is 0 Å². The van der Waals surface area contributed by atoms with Gasteiger partial charge in [0.05, 0.1) is 18.4 Å². The summed E-state index contributed by atoms with van der Waals surface area (Å²) in [5.41, 5.74) is 1.59. The second-order valence-corrected chi connectivity index (χ2v) is 7.43. The van der Waals surface area contributed by atoms with Gasteiger partial charge >= 0.3 is 0 Å². The Kier molecular flexibility index (Phi) is 4.60. The fourth-order valence-corrected chi connectivity index (χ4v) is 3.81. The van der Waals surface area contributed by atoms with Crippen LogP contribution < -0.4 is 0 Å². The van der Waals surface area contributed by atoms with Crippen LogP contribution in [-0.4, -0.2) is 35.1 Å². The molecule has 0 spiro atoms. The van der Waals surface area contributed by atoms with Crippen LogP contribution in [0.25, 0.3) is 0 Å². The zero-order chi connectivity index (χ0) is 14.7. The van der Waals surface area contributed by atoms with Gasteiger partial charge in [-0.25, -0.2) is 0 Å². The maximum Gasteiger partial charge on any atom is 0.0891 e. The minimum atomic E-state index is 0.415. The van der Waals surface area contributed by atoms with Gasteiger partial charge in [-0.05, 0) is 49.7 Å². The van der Waals surface area contributed by atoms with Crippen LogP contribution in [0.3, 0.4) is 0 Å². The molecular formula is C18H28N2O. The maximum atomic E-state index is 6.03. The molecule has 2 heterocycles. The number of piperidine rings is 1. The Labute approximate surface area is 128 Å². The molecule has 3 heteroatoms. The van der Waals surface area contributed by atoms with Crippen LogP contribution in [0.2, 0.25) is 0 Å². The number of rotatable bonds is 4. The van der Waals surface area contributed by atoms with Crippen molar-refractivity contribution in [1.29, 1.82) is 0 Å². The highest BCUT2D eigenvalue weighted by molar-refractivity contribution is 5.02. The van der Waals surface area contributed by atoms with Crippen molar-refractivity contribution in [3.05, 3.63) is 30.1 Å². The fourth-order valence-electron chi connectivity index (χ4n) is 3.81. The van der Waals surface area contributed by atoms with E-state index in [0.29, 0.717) is 18.1 Å². The second kappa shape index (κ2) is 6.45. The Hall–Kier alpha value is -0.930. The highest BCUT2D eigenvalue weighted by Gasteiger charge is 2.35. The molecule has 1 unspecified atom stereocenters. The van der Waals surface area contributed by atoms with Crippen molar-refractivity contribution < 1.29 is 4.74 Å². The van der Waals surface area contributed by atoms with Gasteiger partial charge < -0.3 is 9.64 Å². The first-order chi connectivity index (χ1) is 10.1. The number of nitrogens with zero attached hydrogens (tertiary/aromatic N) is 2. The summed E-state index contributed by atoms with van der Waals surface area (Å²) < 4.78 is 6.03. The molecular weight excluding hydrogens is 260 g/mol. The molecule has 1 aliphatic carbocycles. The van der Waals surface area contributed by atoms with Crippen molar-refractivity contribution in [1.82, 2.24) is 9.88 Å². The van der Waals surface area contributed by atoms with E-state index in [1.165, 1.54) is 45.2 Å². The monoisotopic (exact) mass is 288 g/mol. The third-order valence-corrected chi connectivity index (χ3v) is 5.13. The summed E-state index contributed by atoms with van der Waals surface area (Å²) in [5.74, 6) is 0. The Morgan fingerprint density at radius 3 is 2.67 bits per heavy atom. The minimum Gasteiger partial charge on any atom is -0.372 e. The number of pyridine rings is 1. The normalized spacial score (nSPS) is 27.0. The van der Waals surface area contributed by atoms with E-state index in [4.69, 9.17) is 4.74 Å².